The summed E-state index contributed by atoms with van der Waals surface area (Å²) in [5.41, 5.74) is -1.64. The van der Waals surface area contributed by atoms with Crippen LogP contribution in [0.5, 0.6) is 0 Å². The van der Waals surface area contributed by atoms with E-state index in [1.807, 2.05) is 36.4 Å². The predicted molar refractivity (Wildman–Crippen MR) is 107 cm³/mol. The minimum atomic E-state index is -4.96. The Morgan fingerprint density at radius 2 is 1.80 bits per heavy atom. The lowest BCUT2D eigenvalue weighted by Crippen LogP contribution is -2.56. The number of fused-ring (bicyclic) bond motifs is 4. The number of hydrogen-bond donors (Lipinski definition) is 3. The molecule has 4 nitrogen and oxygen atoms in total. The van der Waals surface area contributed by atoms with Crippen LogP contribution in [0.15, 0.2) is 52.9 Å². The molecule has 0 saturated heterocycles. The Balaban J connectivity index is 1.71. The smallest absolute Gasteiger partial charge is 0.420 e. The lowest BCUT2D eigenvalue weighted by molar-refractivity contribution is -0.302. The number of aliphatic hydroxyl groups is 2. The number of aromatic nitrogens is 1. The van der Waals surface area contributed by atoms with Crippen LogP contribution < -0.4 is 0 Å². The van der Waals surface area contributed by atoms with E-state index in [0.717, 1.165) is 22.0 Å². The number of hydrogen-bond acceptors (Lipinski definition) is 3. The molecule has 2 aromatic carbocycles. The maximum atomic E-state index is 13.6. The summed E-state index contributed by atoms with van der Waals surface area (Å²) in [7, 11) is 0. The normalized spacial score (nSPS) is 23.8. The van der Waals surface area contributed by atoms with E-state index in [0.29, 0.717) is 16.9 Å². The second kappa shape index (κ2) is 5.89. The summed E-state index contributed by atoms with van der Waals surface area (Å²) in [6, 6.07) is 14.6. The number of halogens is 3. The van der Waals surface area contributed by atoms with Gasteiger partial charge < -0.3 is 19.6 Å². The van der Waals surface area contributed by atoms with Gasteiger partial charge in [0.1, 0.15) is 11.7 Å². The number of aromatic amines is 1. The Kier molecular flexibility index (Phi) is 3.77. The monoisotopic (exact) mass is 415 g/mol. The highest BCUT2D eigenvalue weighted by Gasteiger charge is 2.63. The molecule has 0 bridgehead atoms. The van der Waals surface area contributed by atoms with E-state index in [1.165, 1.54) is 6.07 Å². The van der Waals surface area contributed by atoms with Crippen molar-refractivity contribution < 1.29 is 27.8 Å². The number of H-pyrrole nitrogens is 1. The standard InChI is InChI=1S/C23H20F3NO3/c1-21(2)11-22(29,23(24,25)26)20(28)14-8-7-13-10-17(30-19(13)18(14)21)16-9-12-5-3-4-6-15(12)27-16/h3-10,20,27-29H,11H2,1-2H3. The highest BCUT2D eigenvalue weighted by atomic mass is 19.4. The first-order valence-electron chi connectivity index (χ1n) is 9.63. The van der Waals surface area contributed by atoms with Crippen LogP contribution in [0.2, 0.25) is 0 Å². The molecular formula is C23H20F3NO3. The fourth-order valence-corrected chi connectivity index (χ4v) is 4.75. The molecular weight excluding hydrogens is 395 g/mol. The van der Waals surface area contributed by atoms with E-state index < -0.39 is 29.7 Å². The molecule has 1 aliphatic rings. The van der Waals surface area contributed by atoms with E-state index in [9.17, 15) is 23.4 Å². The van der Waals surface area contributed by atoms with Crippen LogP contribution in [-0.4, -0.2) is 27.0 Å². The largest absolute Gasteiger partial charge is 0.454 e. The topological polar surface area (TPSA) is 69.4 Å². The Bertz CT molecular complexity index is 1250. The number of rotatable bonds is 1. The summed E-state index contributed by atoms with van der Waals surface area (Å²) in [6.45, 7) is 3.25. The van der Waals surface area contributed by atoms with Crippen molar-refractivity contribution in [1.29, 1.82) is 0 Å². The molecule has 2 aromatic heterocycles. The molecule has 2 atom stereocenters. The average molecular weight is 415 g/mol. The summed E-state index contributed by atoms with van der Waals surface area (Å²) < 4.78 is 47.0. The minimum Gasteiger partial charge on any atom is -0.454 e. The van der Waals surface area contributed by atoms with E-state index in [2.05, 4.69) is 4.98 Å². The van der Waals surface area contributed by atoms with Crippen LogP contribution in [0.3, 0.4) is 0 Å². The molecule has 4 aromatic rings. The lowest BCUT2D eigenvalue weighted by atomic mass is 9.64. The van der Waals surface area contributed by atoms with Gasteiger partial charge in [-0.3, -0.25) is 0 Å². The van der Waals surface area contributed by atoms with E-state index in [4.69, 9.17) is 4.42 Å². The van der Waals surface area contributed by atoms with Crippen molar-refractivity contribution in [1.82, 2.24) is 4.98 Å². The number of nitrogens with one attached hydrogen (secondary N) is 1. The Morgan fingerprint density at radius 1 is 1.07 bits per heavy atom. The highest BCUT2D eigenvalue weighted by Crippen LogP contribution is 2.55. The second-order valence-corrected chi connectivity index (χ2v) is 8.71. The molecule has 0 saturated carbocycles. The first kappa shape index (κ1) is 19.2. The van der Waals surface area contributed by atoms with E-state index in [-0.39, 0.29) is 5.56 Å². The number of aliphatic hydroxyl groups excluding tert-OH is 1. The van der Waals surface area contributed by atoms with E-state index in [1.54, 1.807) is 19.9 Å². The molecule has 0 amide bonds. The molecule has 2 unspecified atom stereocenters. The van der Waals surface area contributed by atoms with Gasteiger partial charge in [0.2, 0.25) is 0 Å². The van der Waals surface area contributed by atoms with Gasteiger partial charge in [-0.25, -0.2) is 0 Å². The summed E-state index contributed by atoms with van der Waals surface area (Å²) in [5, 5.41) is 22.6. The SMILES string of the molecule is CC1(C)CC(O)(C(F)(F)F)C(O)c2ccc3cc(-c4cc5ccccc5[nH]4)oc3c21. The van der Waals surface area contributed by atoms with Crippen LogP contribution in [0.4, 0.5) is 13.2 Å². The molecule has 1 aliphatic carbocycles. The van der Waals surface area contributed by atoms with Crippen molar-refractivity contribution in [3.05, 3.63) is 59.7 Å². The molecule has 30 heavy (non-hydrogen) atoms. The zero-order valence-electron chi connectivity index (χ0n) is 16.3. The Hall–Kier alpha value is -2.77. The summed E-state index contributed by atoms with van der Waals surface area (Å²) >= 11 is 0. The highest BCUT2D eigenvalue weighted by molar-refractivity contribution is 5.90. The van der Waals surface area contributed by atoms with Crippen LogP contribution in [0, 0.1) is 0 Å². The van der Waals surface area contributed by atoms with Crippen molar-refractivity contribution >= 4 is 21.9 Å². The second-order valence-electron chi connectivity index (χ2n) is 8.71. The Morgan fingerprint density at radius 3 is 2.50 bits per heavy atom. The first-order chi connectivity index (χ1) is 14.0. The van der Waals surface area contributed by atoms with Crippen molar-refractivity contribution in [2.45, 2.75) is 43.6 Å². The summed E-state index contributed by atoms with van der Waals surface area (Å²) in [6.07, 6.45) is -7.72. The Labute approximate surface area is 169 Å². The van der Waals surface area contributed by atoms with Crippen LogP contribution >= 0.6 is 0 Å². The number of para-hydroxylation sites is 1. The average Bonchev–Trinajstić information content (AvgIpc) is 3.27. The van der Waals surface area contributed by atoms with Gasteiger partial charge in [0.15, 0.2) is 11.4 Å². The van der Waals surface area contributed by atoms with Gasteiger partial charge in [-0.05, 0) is 35.6 Å². The lowest BCUT2D eigenvalue weighted by Gasteiger charge is -2.46. The van der Waals surface area contributed by atoms with Crippen molar-refractivity contribution in [2.75, 3.05) is 0 Å². The first-order valence-corrected chi connectivity index (χ1v) is 9.63. The minimum absolute atomic E-state index is 0.0381. The number of benzene rings is 2. The van der Waals surface area contributed by atoms with Gasteiger partial charge in [0.25, 0.3) is 0 Å². The fourth-order valence-electron chi connectivity index (χ4n) is 4.75. The van der Waals surface area contributed by atoms with Gasteiger partial charge >= 0.3 is 6.18 Å². The maximum absolute atomic E-state index is 13.6. The third-order valence-corrected chi connectivity index (χ3v) is 6.14. The zero-order valence-corrected chi connectivity index (χ0v) is 16.3. The molecule has 156 valence electrons. The fraction of sp³-hybridized carbons (Fsp3) is 0.304. The molecule has 0 spiro atoms. The third-order valence-electron chi connectivity index (χ3n) is 6.14. The van der Waals surface area contributed by atoms with Crippen LogP contribution in [-0.2, 0) is 5.41 Å². The number of furan rings is 1. The molecule has 0 radical (unpaired) electrons. The molecule has 5 rings (SSSR count). The van der Waals surface area contributed by atoms with Gasteiger partial charge in [0, 0.05) is 21.9 Å². The maximum Gasteiger partial charge on any atom is 0.420 e. The molecule has 3 N–H and O–H groups in total. The zero-order chi connectivity index (χ0) is 21.5. The summed E-state index contributed by atoms with van der Waals surface area (Å²) in [5.74, 6) is 0.552. The molecule has 0 fully saturated rings. The molecule has 7 heteroatoms. The van der Waals surface area contributed by atoms with Gasteiger partial charge in [-0.15, -0.1) is 0 Å². The van der Waals surface area contributed by atoms with Gasteiger partial charge in [0.05, 0.1) is 5.69 Å². The predicted octanol–water partition coefficient (Wildman–Crippen LogP) is 5.59. The molecule has 2 heterocycles. The van der Waals surface area contributed by atoms with Gasteiger partial charge in [-0.2, -0.15) is 13.2 Å². The van der Waals surface area contributed by atoms with Gasteiger partial charge in [-0.1, -0.05) is 44.2 Å². The number of alkyl halides is 3. The van der Waals surface area contributed by atoms with Crippen LogP contribution in [0.1, 0.15) is 37.5 Å². The van der Waals surface area contributed by atoms with Crippen molar-refractivity contribution in [2.24, 2.45) is 0 Å². The van der Waals surface area contributed by atoms with Crippen molar-refractivity contribution in [3.8, 4) is 11.5 Å². The van der Waals surface area contributed by atoms with E-state index >= 15 is 0 Å². The summed E-state index contributed by atoms with van der Waals surface area (Å²) in [4.78, 5) is 3.28. The van der Waals surface area contributed by atoms with Crippen molar-refractivity contribution in [3.63, 3.8) is 0 Å². The third kappa shape index (κ3) is 2.55. The quantitative estimate of drug-likeness (QED) is 0.380. The van der Waals surface area contributed by atoms with Crippen LogP contribution in [0.25, 0.3) is 33.3 Å². The molecule has 0 aliphatic heterocycles.